The van der Waals surface area contributed by atoms with Gasteiger partial charge < -0.3 is 4.98 Å². The summed E-state index contributed by atoms with van der Waals surface area (Å²) in [5, 5.41) is 2.05. The van der Waals surface area contributed by atoms with Crippen LogP contribution in [-0.4, -0.2) is 15.0 Å². The van der Waals surface area contributed by atoms with Gasteiger partial charge in [-0.3, -0.25) is 9.78 Å². The van der Waals surface area contributed by atoms with Crippen molar-refractivity contribution in [2.24, 2.45) is 0 Å². The fourth-order valence-electron chi connectivity index (χ4n) is 1.82. The lowest BCUT2D eigenvalue weighted by atomic mass is 10.1. The molecule has 0 aliphatic heterocycles. The Morgan fingerprint density at radius 3 is 2.78 bits per heavy atom. The zero-order chi connectivity index (χ0) is 12.5. The lowest BCUT2D eigenvalue weighted by Gasteiger charge is -2.04. The standard InChI is InChI=1S/C13H8IN3O/c14-11-7-16-12(17-13(11)18)10-6-15-5-8-3-1-2-4-9(8)10/h1-7H,(H,16,17,18). The first-order valence-corrected chi connectivity index (χ1v) is 6.41. The average molecular weight is 349 g/mol. The first-order valence-electron chi connectivity index (χ1n) is 5.33. The summed E-state index contributed by atoms with van der Waals surface area (Å²) in [6.07, 6.45) is 5.08. The molecule has 0 spiro atoms. The summed E-state index contributed by atoms with van der Waals surface area (Å²) in [6.45, 7) is 0. The van der Waals surface area contributed by atoms with Crippen molar-refractivity contribution in [3.05, 3.63) is 56.8 Å². The molecule has 2 heterocycles. The van der Waals surface area contributed by atoms with E-state index in [0.29, 0.717) is 9.39 Å². The SMILES string of the molecule is O=c1[nH]c(-c2cncc3ccccc23)ncc1I. The van der Waals surface area contributed by atoms with Crippen LogP contribution in [0.15, 0.2) is 47.7 Å². The van der Waals surface area contributed by atoms with Crippen LogP contribution in [-0.2, 0) is 0 Å². The van der Waals surface area contributed by atoms with Crippen LogP contribution in [0.5, 0.6) is 0 Å². The van der Waals surface area contributed by atoms with Gasteiger partial charge >= 0.3 is 0 Å². The number of halogens is 1. The van der Waals surface area contributed by atoms with Crippen LogP contribution in [0.2, 0.25) is 0 Å². The maximum Gasteiger partial charge on any atom is 0.264 e. The molecule has 0 aliphatic rings. The number of fused-ring (bicyclic) bond motifs is 1. The van der Waals surface area contributed by atoms with E-state index in [1.54, 1.807) is 18.6 Å². The molecule has 1 N–H and O–H groups in total. The number of rotatable bonds is 1. The predicted octanol–water partition coefficient (Wildman–Crippen LogP) is 2.59. The Balaban J connectivity index is 2.31. The van der Waals surface area contributed by atoms with E-state index in [0.717, 1.165) is 16.3 Å². The van der Waals surface area contributed by atoms with Gasteiger partial charge in [-0.15, -0.1) is 0 Å². The smallest absolute Gasteiger partial charge is 0.264 e. The van der Waals surface area contributed by atoms with E-state index in [4.69, 9.17) is 0 Å². The molecule has 1 aromatic carbocycles. The van der Waals surface area contributed by atoms with Crippen molar-refractivity contribution in [2.75, 3.05) is 0 Å². The number of aromatic nitrogens is 3. The minimum Gasteiger partial charge on any atom is -0.306 e. The molecule has 0 radical (unpaired) electrons. The molecule has 88 valence electrons. The molecule has 18 heavy (non-hydrogen) atoms. The van der Waals surface area contributed by atoms with Gasteiger partial charge in [-0.1, -0.05) is 24.3 Å². The summed E-state index contributed by atoms with van der Waals surface area (Å²) in [5.74, 6) is 0.546. The molecular formula is C13H8IN3O. The van der Waals surface area contributed by atoms with E-state index in [1.165, 1.54) is 0 Å². The molecule has 5 heteroatoms. The Bertz CT molecular complexity index is 777. The van der Waals surface area contributed by atoms with Crippen molar-refractivity contribution in [1.82, 2.24) is 15.0 Å². The molecule has 0 amide bonds. The molecule has 0 unspecified atom stereocenters. The number of hydrogen-bond donors (Lipinski definition) is 1. The summed E-state index contributed by atoms with van der Waals surface area (Å²) in [6, 6.07) is 7.88. The second-order valence-corrected chi connectivity index (χ2v) is 4.98. The first kappa shape index (κ1) is 11.3. The molecule has 4 nitrogen and oxygen atoms in total. The lowest BCUT2D eigenvalue weighted by molar-refractivity contribution is 1.11. The Kier molecular flexibility index (Phi) is 2.83. The van der Waals surface area contributed by atoms with Gasteiger partial charge in [-0.25, -0.2) is 4.98 Å². The fourth-order valence-corrected chi connectivity index (χ4v) is 2.10. The Labute approximate surface area is 116 Å². The molecule has 3 aromatic rings. The average Bonchev–Trinajstić information content (AvgIpc) is 2.41. The zero-order valence-corrected chi connectivity index (χ0v) is 11.4. The number of pyridine rings is 1. The summed E-state index contributed by atoms with van der Waals surface area (Å²) >= 11 is 1.96. The van der Waals surface area contributed by atoms with Crippen LogP contribution >= 0.6 is 22.6 Å². The monoisotopic (exact) mass is 349 g/mol. The first-order chi connectivity index (χ1) is 8.75. The highest BCUT2D eigenvalue weighted by Gasteiger charge is 2.07. The van der Waals surface area contributed by atoms with Crippen molar-refractivity contribution < 1.29 is 0 Å². The molecule has 0 aliphatic carbocycles. The molecule has 0 fully saturated rings. The van der Waals surface area contributed by atoms with Gasteiger partial charge in [0, 0.05) is 29.5 Å². The maximum atomic E-state index is 11.6. The zero-order valence-electron chi connectivity index (χ0n) is 9.22. The third kappa shape index (κ3) is 1.90. The normalized spacial score (nSPS) is 10.7. The minimum atomic E-state index is -0.131. The highest BCUT2D eigenvalue weighted by atomic mass is 127. The molecule has 2 aromatic heterocycles. The molecule has 3 rings (SSSR count). The molecule has 0 atom stereocenters. The highest BCUT2D eigenvalue weighted by molar-refractivity contribution is 14.1. The van der Waals surface area contributed by atoms with Gasteiger partial charge in [0.25, 0.3) is 5.56 Å². The van der Waals surface area contributed by atoms with Gasteiger partial charge in [-0.2, -0.15) is 0 Å². The third-order valence-electron chi connectivity index (χ3n) is 2.68. The minimum absolute atomic E-state index is 0.131. The number of benzene rings is 1. The molecule has 0 saturated carbocycles. The number of H-pyrrole nitrogens is 1. The number of nitrogens with one attached hydrogen (secondary N) is 1. The van der Waals surface area contributed by atoms with Crippen LogP contribution in [0.1, 0.15) is 0 Å². The lowest BCUT2D eigenvalue weighted by Crippen LogP contribution is -2.11. The van der Waals surface area contributed by atoms with Gasteiger partial charge in [0.05, 0.1) is 3.57 Å². The second kappa shape index (κ2) is 4.49. The molecule has 0 bridgehead atoms. The largest absolute Gasteiger partial charge is 0.306 e. The van der Waals surface area contributed by atoms with Crippen molar-refractivity contribution in [2.45, 2.75) is 0 Å². The van der Waals surface area contributed by atoms with Crippen molar-refractivity contribution in [3.63, 3.8) is 0 Å². The molecular weight excluding hydrogens is 341 g/mol. The number of nitrogens with zero attached hydrogens (tertiary/aromatic N) is 2. The van der Waals surface area contributed by atoms with E-state index in [-0.39, 0.29) is 5.56 Å². The molecule has 0 saturated heterocycles. The van der Waals surface area contributed by atoms with Crippen LogP contribution in [0.4, 0.5) is 0 Å². The highest BCUT2D eigenvalue weighted by Crippen LogP contribution is 2.23. The second-order valence-electron chi connectivity index (χ2n) is 3.82. The van der Waals surface area contributed by atoms with Crippen molar-refractivity contribution in [3.8, 4) is 11.4 Å². The van der Waals surface area contributed by atoms with Crippen LogP contribution in [0, 0.1) is 3.57 Å². The van der Waals surface area contributed by atoms with E-state index < -0.39 is 0 Å². The Morgan fingerprint density at radius 1 is 1.11 bits per heavy atom. The quantitative estimate of drug-likeness (QED) is 0.687. The Hall–Kier alpha value is -1.76. The van der Waals surface area contributed by atoms with Gasteiger partial charge in [0.1, 0.15) is 5.82 Å². The summed E-state index contributed by atoms with van der Waals surface area (Å²) in [5.41, 5.74) is 0.704. The maximum absolute atomic E-state index is 11.6. The topological polar surface area (TPSA) is 58.6 Å². The summed E-state index contributed by atoms with van der Waals surface area (Å²) < 4.78 is 0.574. The van der Waals surface area contributed by atoms with Crippen LogP contribution in [0.3, 0.4) is 0 Å². The van der Waals surface area contributed by atoms with Crippen molar-refractivity contribution in [1.29, 1.82) is 0 Å². The van der Waals surface area contributed by atoms with Gasteiger partial charge in [0.15, 0.2) is 0 Å². The predicted molar refractivity (Wildman–Crippen MR) is 78.3 cm³/mol. The van der Waals surface area contributed by atoms with Crippen LogP contribution < -0.4 is 5.56 Å². The van der Waals surface area contributed by atoms with Crippen molar-refractivity contribution >= 4 is 33.4 Å². The number of hydrogen-bond acceptors (Lipinski definition) is 3. The Morgan fingerprint density at radius 2 is 1.94 bits per heavy atom. The summed E-state index contributed by atoms with van der Waals surface area (Å²) in [4.78, 5) is 22.8. The fraction of sp³-hybridized carbons (Fsp3) is 0. The van der Waals surface area contributed by atoms with Crippen LogP contribution in [0.25, 0.3) is 22.2 Å². The third-order valence-corrected chi connectivity index (χ3v) is 3.45. The summed E-state index contributed by atoms with van der Waals surface area (Å²) in [7, 11) is 0. The van der Waals surface area contributed by atoms with Gasteiger partial charge in [0.2, 0.25) is 0 Å². The van der Waals surface area contributed by atoms with E-state index in [1.807, 2.05) is 46.9 Å². The van der Waals surface area contributed by atoms with Gasteiger partial charge in [-0.05, 0) is 28.0 Å². The van der Waals surface area contributed by atoms with E-state index in [2.05, 4.69) is 15.0 Å². The van der Waals surface area contributed by atoms with E-state index in [9.17, 15) is 4.79 Å². The number of aromatic amines is 1. The van der Waals surface area contributed by atoms with E-state index >= 15 is 0 Å².